The molecular weight excluding hydrogens is 328 g/mol. The Hall–Kier alpha value is -2.61. The third-order valence-corrected chi connectivity index (χ3v) is 5.43. The Bertz CT molecular complexity index is 961. The normalized spacial score (nSPS) is 11.4. The number of fused-ring (bicyclic) bond motifs is 2. The highest BCUT2D eigenvalue weighted by Crippen LogP contribution is 2.21. The number of imidazole rings is 1. The lowest BCUT2D eigenvalue weighted by Gasteiger charge is -2.06. The fraction of sp³-hybridized carbons (Fsp3) is 0.320. The van der Waals surface area contributed by atoms with E-state index in [1.165, 1.54) is 61.3 Å². The van der Waals surface area contributed by atoms with Gasteiger partial charge in [-0.3, -0.25) is 0 Å². The highest BCUT2D eigenvalue weighted by atomic mass is 14.9. The van der Waals surface area contributed by atoms with Crippen molar-refractivity contribution in [1.82, 2.24) is 9.97 Å². The summed E-state index contributed by atoms with van der Waals surface area (Å²) < 4.78 is 0. The van der Waals surface area contributed by atoms with E-state index in [1.807, 2.05) is 6.07 Å². The highest BCUT2D eigenvalue weighted by Gasteiger charge is 2.02. The van der Waals surface area contributed by atoms with E-state index in [1.54, 1.807) is 0 Å². The summed E-state index contributed by atoms with van der Waals surface area (Å²) >= 11 is 0. The van der Waals surface area contributed by atoms with Crippen LogP contribution in [-0.4, -0.2) is 9.97 Å². The Morgan fingerprint density at radius 1 is 0.630 bits per heavy atom. The van der Waals surface area contributed by atoms with Crippen LogP contribution in [0.15, 0.2) is 66.7 Å². The molecule has 4 aromatic rings. The molecule has 0 saturated carbocycles. The van der Waals surface area contributed by atoms with Gasteiger partial charge in [0, 0.05) is 6.42 Å². The molecule has 138 valence electrons. The number of aryl methyl sites for hydroxylation is 2. The molecule has 0 atom stereocenters. The molecule has 0 radical (unpaired) electrons. The van der Waals surface area contributed by atoms with Gasteiger partial charge in [-0.2, -0.15) is 0 Å². The lowest BCUT2D eigenvalue weighted by Crippen LogP contribution is -1.90. The third kappa shape index (κ3) is 4.57. The molecule has 0 fully saturated rings. The van der Waals surface area contributed by atoms with Gasteiger partial charge in [0.25, 0.3) is 0 Å². The van der Waals surface area contributed by atoms with Gasteiger partial charge in [0.1, 0.15) is 5.82 Å². The van der Waals surface area contributed by atoms with E-state index in [9.17, 15) is 0 Å². The van der Waals surface area contributed by atoms with Crippen LogP contribution in [0.4, 0.5) is 0 Å². The summed E-state index contributed by atoms with van der Waals surface area (Å²) in [6.45, 7) is 0. The van der Waals surface area contributed by atoms with Crippen LogP contribution < -0.4 is 0 Å². The molecule has 1 aromatic heterocycles. The van der Waals surface area contributed by atoms with E-state index in [0.29, 0.717) is 0 Å². The molecule has 0 aliphatic heterocycles. The predicted molar refractivity (Wildman–Crippen MR) is 115 cm³/mol. The second-order valence-electron chi connectivity index (χ2n) is 7.46. The molecule has 1 N–H and O–H groups in total. The molecule has 0 amide bonds. The molecule has 0 unspecified atom stereocenters. The minimum absolute atomic E-state index is 1.06. The third-order valence-electron chi connectivity index (χ3n) is 5.43. The van der Waals surface area contributed by atoms with Crippen molar-refractivity contribution in [3.63, 3.8) is 0 Å². The SMILES string of the molecule is c1ccc2c(CCCCCCCCc3nc4ccccc4[nH]3)cccc2c1. The van der Waals surface area contributed by atoms with Crippen LogP contribution in [0.2, 0.25) is 0 Å². The molecule has 0 bridgehead atoms. The van der Waals surface area contributed by atoms with Gasteiger partial charge in [-0.25, -0.2) is 4.98 Å². The number of nitrogens with one attached hydrogen (secondary N) is 1. The van der Waals surface area contributed by atoms with Gasteiger partial charge < -0.3 is 4.98 Å². The lowest BCUT2D eigenvalue weighted by molar-refractivity contribution is 0.590. The van der Waals surface area contributed by atoms with Gasteiger partial charge in [-0.05, 0) is 47.7 Å². The fourth-order valence-corrected chi connectivity index (χ4v) is 3.95. The molecular formula is C25H28N2. The Labute approximate surface area is 161 Å². The van der Waals surface area contributed by atoms with Gasteiger partial charge in [0.2, 0.25) is 0 Å². The largest absolute Gasteiger partial charge is 0.342 e. The summed E-state index contributed by atoms with van der Waals surface area (Å²) in [4.78, 5) is 8.09. The first-order valence-corrected chi connectivity index (χ1v) is 10.3. The van der Waals surface area contributed by atoms with E-state index in [2.05, 4.69) is 70.6 Å². The van der Waals surface area contributed by atoms with Crippen molar-refractivity contribution in [2.75, 3.05) is 0 Å². The highest BCUT2D eigenvalue weighted by molar-refractivity contribution is 5.85. The predicted octanol–water partition coefficient (Wildman–Crippen LogP) is 6.84. The summed E-state index contributed by atoms with van der Waals surface area (Å²) in [7, 11) is 0. The minimum Gasteiger partial charge on any atom is -0.342 e. The molecule has 4 rings (SSSR count). The van der Waals surface area contributed by atoms with Crippen molar-refractivity contribution in [1.29, 1.82) is 0 Å². The zero-order valence-electron chi connectivity index (χ0n) is 16.0. The molecule has 0 aliphatic carbocycles. The van der Waals surface area contributed by atoms with Crippen LogP contribution in [0.1, 0.15) is 49.9 Å². The number of aromatic nitrogens is 2. The zero-order chi connectivity index (χ0) is 18.3. The van der Waals surface area contributed by atoms with E-state index in [0.717, 1.165) is 23.3 Å². The van der Waals surface area contributed by atoms with Gasteiger partial charge in [0.05, 0.1) is 11.0 Å². The van der Waals surface area contributed by atoms with Gasteiger partial charge in [-0.15, -0.1) is 0 Å². The van der Waals surface area contributed by atoms with E-state index in [-0.39, 0.29) is 0 Å². The number of rotatable bonds is 9. The Kier molecular flexibility index (Phi) is 5.83. The second kappa shape index (κ2) is 8.85. The second-order valence-corrected chi connectivity index (χ2v) is 7.46. The quantitative estimate of drug-likeness (QED) is 0.327. The molecule has 0 spiro atoms. The molecule has 0 saturated heterocycles. The summed E-state index contributed by atoms with van der Waals surface area (Å²) in [6.07, 6.45) is 10.1. The first-order valence-electron chi connectivity index (χ1n) is 10.3. The number of hydrogen-bond acceptors (Lipinski definition) is 1. The van der Waals surface area contributed by atoms with Gasteiger partial charge >= 0.3 is 0 Å². The average molecular weight is 357 g/mol. The number of unbranched alkanes of at least 4 members (excludes halogenated alkanes) is 5. The summed E-state index contributed by atoms with van der Waals surface area (Å²) in [5.74, 6) is 1.13. The Balaban J connectivity index is 1.13. The summed E-state index contributed by atoms with van der Waals surface area (Å²) in [6, 6.07) is 23.7. The lowest BCUT2D eigenvalue weighted by atomic mass is 9.99. The first-order chi connectivity index (χ1) is 13.4. The van der Waals surface area contributed by atoms with Crippen molar-refractivity contribution in [3.8, 4) is 0 Å². The average Bonchev–Trinajstić information content (AvgIpc) is 3.13. The zero-order valence-corrected chi connectivity index (χ0v) is 16.0. The van der Waals surface area contributed by atoms with Crippen LogP contribution in [-0.2, 0) is 12.8 Å². The number of benzene rings is 3. The van der Waals surface area contributed by atoms with Crippen molar-refractivity contribution in [3.05, 3.63) is 78.1 Å². The molecule has 27 heavy (non-hydrogen) atoms. The molecule has 2 heteroatoms. The Morgan fingerprint density at radius 3 is 2.22 bits per heavy atom. The molecule has 3 aromatic carbocycles. The van der Waals surface area contributed by atoms with Crippen LogP contribution in [0, 0.1) is 0 Å². The molecule has 0 aliphatic rings. The first kappa shape index (κ1) is 17.8. The standard InChI is InChI=1S/C25H28N2/c1(2-4-6-19-25-26-23-17-9-10-18-24(23)27-25)3-5-12-20-14-11-15-21-13-7-8-16-22(20)21/h7-11,13-18H,1-6,12,19H2,(H,26,27). The number of H-pyrrole nitrogens is 1. The maximum absolute atomic E-state index is 4.66. The molecule has 2 nitrogen and oxygen atoms in total. The monoisotopic (exact) mass is 356 g/mol. The van der Waals surface area contributed by atoms with E-state index < -0.39 is 0 Å². The van der Waals surface area contributed by atoms with Gasteiger partial charge in [-0.1, -0.05) is 80.3 Å². The van der Waals surface area contributed by atoms with E-state index in [4.69, 9.17) is 0 Å². The summed E-state index contributed by atoms with van der Waals surface area (Å²) in [5, 5.41) is 2.78. The number of hydrogen-bond donors (Lipinski definition) is 1. The van der Waals surface area contributed by atoms with Crippen molar-refractivity contribution >= 4 is 21.8 Å². The van der Waals surface area contributed by atoms with Crippen molar-refractivity contribution in [2.24, 2.45) is 0 Å². The summed E-state index contributed by atoms with van der Waals surface area (Å²) in [5.41, 5.74) is 3.74. The van der Waals surface area contributed by atoms with Crippen LogP contribution >= 0.6 is 0 Å². The van der Waals surface area contributed by atoms with Crippen molar-refractivity contribution < 1.29 is 0 Å². The maximum atomic E-state index is 4.66. The maximum Gasteiger partial charge on any atom is 0.107 e. The van der Waals surface area contributed by atoms with Crippen LogP contribution in [0.3, 0.4) is 0 Å². The minimum atomic E-state index is 1.06. The topological polar surface area (TPSA) is 28.7 Å². The number of nitrogens with zero attached hydrogens (tertiary/aromatic N) is 1. The van der Waals surface area contributed by atoms with Crippen molar-refractivity contribution in [2.45, 2.75) is 51.4 Å². The fourth-order valence-electron chi connectivity index (χ4n) is 3.95. The van der Waals surface area contributed by atoms with Gasteiger partial charge in [0.15, 0.2) is 0 Å². The van der Waals surface area contributed by atoms with E-state index >= 15 is 0 Å². The smallest absolute Gasteiger partial charge is 0.107 e. The van der Waals surface area contributed by atoms with Crippen LogP contribution in [0.25, 0.3) is 21.8 Å². The Morgan fingerprint density at radius 2 is 1.33 bits per heavy atom. The molecule has 1 heterocycles. The number of aromatic amines is 1. The number of para-hydroxylation sites is 2. The van der Waals surface area contributed by atoms with Crippen LogP contribution in [0.5, 0.6) is 0 Å².